The van der Waals surface area contributed by atoms with Crippen molar-refractivity contribution in [2.24, 2.45) is 0 Å². The molecular weight excluding hydrogens is 703 g/mol. The summed E-state index contributed by atoms with van der Waals surface area (Å²) >= 11 is 0. The van der Waals surface area contributed by atoms with Crippen LogP contribution in [0.3, 0.4) is 0 Å². The second-order valence-electron chi connectivity index (χ2n) is 15.2. The molecule has 0 aromatic rings. The fourth-order valence-corrected chi connectivity index (χ4v) is 5.59. The number of hydrogen-bond donors (Lipinski definition) is 0. The second-order valence-corrected chi connectivity index (χ2v) is 15.2. The van der Waals surface area contributed by atoms with Gasteiger partial charge in [0.05, 0.1) is 40.3 Å². The number of unbranched alkanes of at least 4 members (excludes halogenated alkanes) is 10. The normalized spacial score (nSPS) is 13.8. The SMILES string of the molecule is CCCC/C=C/C=C/CCCCCC(=O)OCC(COCCC(C(=O)[O-])[N+](C)(C)C)OC(=O)CCCC/C=C/C/C=C/C/C=C/C/C=C/C/C=C/CCCCC. The van der Waals surface area contributed by atoms with Crippen molar-refractivity contribution < 1.29 is 38.2 Å². The van der Waals surface area contributed by atoms with Crippen LogP contribution < -0.4 is 5.11 Å². The predicted octanol–water partition coefficient (Wildman–Crippen LogP) is 10.4. The van der Waals surface area contributed by atoms with Gasteiger partial charge in [0.15, 0.2) is 6.10 Å². The lowest BCUT2D eigenvalue weighted by Gasteiger charge is -2.34. The molecular formula is C48H79NO7. The molecule has 0 aromatic heterocycles. The average Bonchev–Trinajstić information content (AvgIpc) is 3.15. The van der Waals surface area contributed by atoms with Crippen molar-refractivity contribution in [2.75, 3.05) is 41.0 Å². The van der Waals surface area contributed by atoms with Gasteiger partial charge in [-0.1, -0.05) is 131 Å². The van der Waals surface area contributed by atoms with E-state index in [-0.39, 0.29) is 49.1 Å². The highest BCUT2D eigenvalue weighted by Gasteiger charge is 2.25. The van der Waals surface area contributed by atoms with E-state index in [9.17, 15) is 19.5 Å². The summed E-state index contributed by atoms with van der Waals surface area (Å²) in [6.45, 7) is 4.48. The Kier molecular flexibility index (Phi) is 36.0. The number of carbonyl (C=O) groups excluding carboxylic acids is 3. The number of rotatable bonds is 37. The van der Waals surface area contributed by atoms with Crippen LogP contribution in [-0.2, 0) is 28.6 Å². The summed E-state index contributed by atoms with van der Waals surface area (Å²) in [5.41, 5.74) is 0. The molecule has 0 aromatic carbocycles. The Hall–Kier alpha value is -3.49. The Morgan fingerprint density at radius 1 is 0.554 bits per heavy atom. The highest BCUT2D eigenvalue weighted by atomic mass is 16.6. The molecule has 318 valence electrons. The van der Waals surface area contributed by atoms with Crippen LogP contribution in [0.5, 0.6) is 0 Å². The van der Waals surface area contributed by atoms with Gasteiger partial charge in [0.25, 0.3) is 0 Å². The van der Waals surface area contributed by atoms with Gasteiger partial charge in [-0.3, -0.25) is 9.59 Å². The van der Waals surface area contributed by atoms with Crippen LogP contribution in [0.4, 0.5) is 0 Å². The van der Waals surface area contributed by atoms with Crippen LogP contribution in [0.2, 0.25) is 0 Å². The minimum absolute atomic E-state index is 0.00930. The zero-order valence-electron chi connectivity index (χ0n) is 36.0. The molecule has 8 nitrogen and oxygen atoms in total. The Morgan fingerprint density at radius 2 is 1.02 bits per heavy atom. The number of quaternary nitrogens is 1. The van der Waals surface area contributed by atoms with E-state index in [0.717, 1.165) is 70.6 Å². The summed E-state index contributed by atoms with van der Waals surface area (Å²) in [7, 11) is 5.37. The molecule has 56 heavy (non-hydrogen) atoms. The summed E-state index contributed by atoms with van der Waals surface area (Å²) in [4.78, 5) is 36.7. The fourth-order valence-electron chi connectivity index (χ4n) is 5.59. The van der Waals surface area contributed by atoms with Crippen molar-refractivity contribution in [1.29, 1.82) is 0 Å². The van der Waals surface area contributed by atoms with Crippen LogP contribution in [0.1, 0.15) is 149 Å². The average molecular weight is 782 g/mol. The highest BCUT2D eigenvalue weighted by molar-refractivity contribution is 5.70. The van der Waals surface area contributed by atoms with Gasteiger partial charge in [-0.25, -0.2) is 0 Å². The van der Waals surface area contributed by atoms with Crippen LogP contribution in [-0.4, -0.2) is 75.5 Å². The van der Waals surface area contributed by atoms with Crippen molar-refractivity contribution in [3.8, 4) is 0 Å². The van der Waals surface area contributed by atoms with E-state index in [0.29, 0.717) is 12.8 Å². The maximum atomic E-state index is 12.7. The maximum absolute atomic E-state index is 12.7. The van der Waals surface area contributed by atoms with E-state index in [2.05, 4.69) is 98.9 Å². The molecule has 0 fully saturated rings. The number of hydrogen-bond acceptors (Lipinski definition) is 7. The number of esters is 2. The number of carboxylic acid groups (broad SMARTS) is 1. The van der Waals surface area contributed by atoms with Crippen LogP contribution in [0.25, 0.3) is 0 Å². The monoisotopic (exact) mass is 782 g/mol. The van der Waals surface area contributed by atoms with Gasteiger partial charge in [0, 0.05) is 19.3 Å². The van der Waals surface area contributed by atoms with Crippen molar-refractivity contribution in [3.63, 3.8) is 0 Å². The molecule has 0 heterocycles. The molecule has 0 radical (unpaired) electrons. The van der Waals surface area contributed by atoms with Crippen molar-refractivity contribution in [1.82, 2.24) is 0 Å². The van der Waals surface area contributed by atoms with Gasteiger partial charge in [-0.15, -0.1) is 0 Å². The van der Waals surface area contributed by atoms with E-state index in [1.165, 1.54) is 38.5 Å². The first-order chi connectivity index (χ1) is 27.1. The largest absolute Gasteiger partial charge is 0.544 e. The minimum Gasteiger partial charge on any atom is -0.544 e. The molecule has 0 saturated heterocycles. The van der Waals surface area contributed by atoms with Crippen LogP contribution in [0.15, 0.2) is 85.1 Å². The van der Waals surface area contributed by atoms with Crippen LogP contribution >= 0.6 is 0 Å². The first-order valence-corrected chi connectivity index (χ1v) is 21.6. The minimum atomic E-state index is -1.14. The number of likely N-dealkylation sites (N-methyl/N-ethyl adjacent to an activating group) is 1. The summed E-state index contributed by atoms with van der Waals surface area (Å²) < 4.78 is 17.0. The van der Waals surface area contributed by atoms with E-state index in [1.54, 1.807) is 21.1 Å². The lowest BCUT2D eigenvalue weighted by atomic mass is 10.1. The molecule has 2 unspecified atom stereocenters. The number of ether oxygens (including phenoxy) is 3. The Balaban J connectivity index is 4.47. The third-order valence-corrected chi connectivity index (χ3v) is 9.03. The lowest BCUT2D eigenvalue weighted by Crippen LogP contribution is -2.55. The zero-order valence-corrected chi connectivity index (χ0v) is 36.0. The molecule has 0 amide bonds. The van der Waals surface area contributed by atoms with E-state index >= 15 is 0 Å². The van der Waals surface area contributed by atoms with E-state index in [1.807, 2.05) is 0 Å². The topological polar surface area (TPSA) is 102 Å². The van der Waals surface area contributed by atoms with Crippen molar-refractivity contribution in [3.05, 3.63) is 85.1 Å². The van der Waals surface area contributed by atoms with Crippen LogP contribution in [0, 0.1) is 0 Å². The molecule has 0 saturated carbocycles. The highest BCUT2D eigenvalue weighted by Crippen LogP contribution is 2.11. The first kappa shape index (κ1) is 52.5. The number of aliphatic carboxylic acids is 1. The third kappa shape index (κ3) is 36.2. The molecule has 2 atom stereocenters. The molecule has 0 N–H and O–H groups in total. The summed E-state index contributed by atoms with van der Waals surface area (Å²) in [5, 5.41) is 11.6. The predicted molar refractivity (Wildman–Crippen MR) is 231 cm³/mol. The van der Waals surface area contributed by atoms with Gasteiger partial charge in [0.1, 0.15) is 12.6 Å². The summed E-state index contributed by atoms with van der Waals surface area (Å²) in [5.74, 6) is -1.84. The Labute approximate surface area is 342 Å². The van der Waals surface area contributed by atoms with E-state index < -0.39 is 18.1 Å². The standard InChI is InChI=1S/C48H79NO7/c1-6-8-10-12-14-16-18-19-20-21-22-23-24-25-26-27-29-31-33-35-37-39-47(51)56-44(42-54-41-40-45(48(52)53)49(3,4)5)43-55-46(50)38-36-34-32-30-28-17-15-13-11-9-7-2/h13-17,19-20,22-23,25-26,28-29,31,44-45H,6-12,18,21,24,27,30,32-43H2,1-5H3/b15-13+,16-14+,20-19+,23-22+,26-25+,28-17+,31-29+. The van der Waals surface area contributed by atoms with Crippen molar-refractivity contribution >= 4 is 17.9 Å². The van der Waals surface area contributed by atoms with Gasteiger partial charge in [-0.05, 0) is 83.5 Å². The van der Waals surface area contributed by atoms with Crippen molar-refractivity contribution in [2.45, 2.75) is 161 Å². The Bertz CT molecular complexity index is 1190. The van der Waals surface area contributed by atoms with Gasteiger partial charge in [0.2, 0.25) is 0 Å². The number of nitrogens with zero attached hydrogens (tertiary/aromatic N) is 1. The van der Waals surface area contributed by atoms with Gasteiger partial charge < -0.3 is 28.6 Å². The molecule has 8 heteroatoms. The summed E-state index contributed by atoms with van der Waals surface area (Å²) in [6, 6.07) is -0.742. The number of carbonyl (C=O) groups is 3. The number of carboxylic acids is 1. The summed E-state index contributed by atoms with van der Waals surface area (Å²) in [6.07, 6.45) is 49.0. The molecule has 0 aliphatic carbocycles. The molecule has 0 rings (SSSR count). The lowest BCUT2D eigenvalue weighted by molar-refractivity contribution is -0.889. The maximum Gasteiger partial charge on any atom is 0.306 e. The fraction of sp³-hybridized carbons (Fsp3) is 0.646. The van der Waals surface area contributed by atoms with E-state index in [4.69, 9.17) is 14.2 Å². The van der Waals surface area contributed by atoms with Gasteiger partial charge in [-0.2, -0.15) is 0 Å². The zero-order chi connectivity index (χ0) is 41.4. The Morgan fingerprint density at radius 3 is 1.55 bits per heavy atom. The quantitative estimate of drug-likeness (QED) is 0.0203. The number of allylic oxidation sites excluding steroid dienone is 14. The molecule has 0 aliphatic heterocycles. The third-order valence-electron chi connectivity index (χ3n) is 9.03. The second kappa shape index (κ2) is 38.4. The smallest absolute Gasteiger partial charge is 0.306 e. The molecule has 0 aliphatic rings. The molecule has 0 spiro atoms. The molecule has 0 bridgehead atoms. The first-order valence-electron chi connectivity index (χ1n) is 21.6. The van der Waals surface area contributed by atoms with Gasteiger partial charge >= 0.3 is 11.9 Å².